The van der Waals surface area contributed by atoms with Crippen molar-refractivity contribution in [1.29, 1.82) is 0 Å². The number of hydrogen-bond donors (Lipinski definition) is 0. The number of esters is 1. The van der Waals surface area contributed by atoms with Crippen LogP contribution in [-0.4, -0.2) is 50.0 Å². The summed E-state index contributed by atoms with van der Waals surface area (Å²) in [6.45, 7) is 7.42. The van der Waals surface area contributed by atoms with Gasteiger partial charge in [-0.05, 0) is 48.1 Å². The van der Waals surface area contributed by atoms with Crippen LogP contribution in [0.2, 0.25) is 0 Å². The van der Waals surface area contributed by atoms with Gasteiger partial charge in [0.15, 0.2) is 0 Å². The van der Waals surface area contributed by atoms with Gasteiger partial charge < -0.3 is 9.47 Å². The Morgan fingerprint density at radius 1 is 1.13 bits per heavy atom. The number of piperidine rings is 1. The molecule has 1 aliphatic heterocycles. The smallest absolute Gasteiger partial charge is 0.309 e. The number of nitrogens with zero attached hydrogens (tertiary/aromatic N) is 2. The molecule has 8 heteroatoms. The number of carbonyl (C=O) groups excluding carboxylic acids is 1. The molecule has 0 unspecified atom stereocenters. The van der Waals surface area contributed by atoms with Crippen molar-refractivity contribution in [2.75, 3.05) is 26.3 Å². The second kappa shape index (κ2) is 9.78. The minimum Gasteiger partial charge on any atom is -0.490 e. The van der Waals surface area contributed by atoms with E-state index in [-0.39, 0.29) is 48.5 Å². The predicted octanol–water partition coefficient (Wildman–Crippen LogP) is 3.40. The zero-order valence-electron chi connectivity index (χ0n) is 18.3. The largest absolute Gasteiger partial charge is 0.490 e. The van der Waals surface area contributed by atoms with Crippen molar-refractivity contribution in [2.24, 2.45) is 5.92 Å². The van der Waals surface area contributed by atoms with Crippen LogP contribution >= 0.6 is 0 Å². The summed E-state index contributed by atoms with van der Waals surface area (Å²) < 4.78 is 37.8. The third-order valence-electron chi connectivity index (χ3n) is 5.36. The van der Waals surface area contributed by atoms with Crippen LogP contribution in [0.15, 0.2) is 53.7 Å². The fourth-order valence-corrected chi connectivity index (χ4v) is 4.89. The van der Waals surface area contributed by atoms with E-state index in [0.29, 0.717) is 12.8 Å². The fraction of sp³-hybridized carbons (Fsp3) is 0.478. The molecule has 0 aliphatic carbocycles. The first-order chi connectivity index (χ1) is 14.7. The van der Waals surface area contributed by atoms with Crippen molar-refractivity contribution >= 4 is 16.0 Å². The average Bonchev–Trinajstić information content (AvgIpc) is 2.77. The Morgan fingerprint density at radius 2 is 1.87 bits per heavy atom. The minimum atomic E-state index is -3.58. The van der Waals surface area contributed by atoms with Gasteiger partial charge in [0.25, 0.3) is 0 Å². The van der Waals surface area contributed by atoms with E-state index in [2.05, 4.69) is 31.8 Å². The highest BCUT2D eigenvalue weighted by atomic mass is 32.2. The topological polar surface area (TPSA) is 85.8 Å². The van der Waals surface area contributed by atoms with E-state index < -0.39 is 10.0 Å². The van der Waals surface area contributed by atoms with E-state index in [0.717, 1.165) is 5.75 Å². The number of ether oxygens (including phenoxy) is 2. The predicted molar refractivity (Wildman–Crippen MR) is 117 cm³/mol. The van der Waals surface area contributed by atoms with Crippen LogP contribution in [-0.2, 0) is 25.0 Å². The Morgan fingerprint density at radius 3 is 2.52 bits per heavy atom. The highest BCUT2D eigenvalue weighted by Crippen LogP contribution is 2.26. The highest BCUT2D eigenvalue weighted by Gasteiger charge is 2.32. The van der Waals surface area contributed by atoms with Crippen molar-refractivity contribution in [3.8, 4) is 5.75 Å². The van der Waals surface area contributed by atoms with E-state index in [9.17, 15) is 13.2 Å². The molecule has 0 atom stereocenters. The molecule has 1 fully saturated rings. The van der Waals surface area contributed by atoms with Crippen LogP contribution < -0.4 is 4.74 Å². The molecule has 31 heavy (non-hydrogen) atoms. The molecule has 7 nitrogen and oxygen atoms in total. The van der Waals surface area contributed by atoms with Crippen LogP contribution in [0.4, 0.5) is 0 Å². The molecular weight excluding hydrogens is 416 g/mol. The Labute approximate surface area is 184 Å². The van der Waals surface area contributed by atoms with Crippen molar-refractivity contribution in [3.05, 3.63) is 54.4 Å². The first kappa shape index (κ1) is 23.2. The molecule has 1 aromatic heterocycles. The van der Waals surface area contributed by atoms with Gasteiger partial charge in [-0.2, -0.15) is 4.31 Å². The van der Waals surface area contributed by atoms with Gasteiger partial charge in [-0.1, -0.05) is 32.9 Å². The monoisotopic (exact) mass is 446 g/mol. The Balaban J connectivity index is 1.43. The van der Waals surface area contributed by atoms with E-state index in [1.807, 2.05) is 18.2 Å². The number of benzene rings is 1. The van der Waals surface area contributed by atoms with Gasteiger partial charge in [-0.25, -0.2) is 8.42 Å². The Hall–Kier alpha value is -2.45. The summed E-state index contributed by atoms with van der Waals surface area (Å²) in [5, 5.41) is 0. The summed E-state index contributed by atoms with van der Waals surface area (Å²) in [6, 6.07) is 11.0. The van der Waals surface area contributed by atoms with Crippen molar-refractivity contribution in [3.63, 3.8) is 0 Å². The maximum Gasteiger partial charge on any atom is 0.309 e. The maximum absolute atomic E-state index is 12.6. The molecule has 2 aromatic rings. The summed E-state index contributed by atoms with van der Waals surface area (Å²) in [4.78, 5) is 16.4. The quantitative estimate of drug-likeness (QED) is 0.479. The van der Waals surface area contributed by atoms with Crippen LogP contribution in [0, 0.1) is 5.92 Å². The fourth-order valence-electron chi connectivity index (χ4n) is 3.45. The standard InChI is InChI=1S/C23H30N2O5S/c1-23(2,3)19-6-4-7-20(16-19)29-14-15-30-22(26)18-9-12-25(13-10-18)31(27,28)21-8-5-11-24-17-21/h4-8,11,16-18H,9-10,12-15H2,1-3H3. The first-order valence-electron chi connectivity index (χ1n) is 10.5. The molecule has 0 radical (unpaired) electrons. The van der Waals surface area contributed by atoms with E-state index in [4.69, 9.17) is 9.47 Å². The lowest BCUT2D eigenvalue weighted by molar-refractivity contribution is -0.150. The van der Waals surface area contributed by atoms with Crippen LogP contribution in [0.5, 0.6) is 5.75 Å². The van der Waals surface area contributed by atoms with Gasteiger partial charge in [0.05, 0.1) is 5.92 Å². The van der Waals surface area contributed by atoms with Gasteiger partial charge in [0.2, 0.25) is 10.0 Å². The molecule has 1 aromatic carbocycles. The summed E-state index contributed by atoms with van der Waals surface area (Å²) in [5.74, 6) is 0.146. The molecule has 1 aliphatic rings. The Bertz CT molecular complexity index is 979. The van der Waals surface area contributed by atoms with Gasteiger partial charge in [0, 0.05) is 25.5 Å². The third-order valence-corrected chi connectivity index (χ3v) is 7.24. The molecule has 3 rings (SSSR count). The van der Waals surface area contributed by atoms with Crippen LogP contribution in [0.1, 0.15) is 39.2 Å². The third kappa shape index (κ3) is 6.04. The second-order valence-corrected chi connectivity index (χ2v) is 10.6. The molecule has 0 bridgehead atoms. The number of hydrogen-bond acceptors (Lipinski definition) is 6. The van der Waals surface area contributed by atoms with Gasteiger partial charge in [0.1, 0.15) is 23.9 Å². The SMILES string of the molecule is CC(C)(C)c1cccc(OCCOC(=O)C2CCN(S(=O)(=O)c3cccnc3)CC2)c1. The van der Waals surface area contributed by atoms with Gasteiger partial charge in [-0.15, -0.1) is 0 Å². The lowest BCUT2D eigenvalue weighted by atomic mass is 9.87. The number of sulfonamides is 1. The number of aromatic nitrogens is 1. The van der Waals surface area contributed by atoms with Crippen LogP contribution in [0.3, 0.4) is 0 Å². The highest BCUT2D eigenvalue weighted by molar-refractivity contribution is 7.89. The summed E-state index contributed by atoms with van der Waals surface area (Å²) >= 11 is 0. The van der Waals surface area contributed by atoms with Crippen molar-refractivity contribution in [2.45, 2.75) is 43.9 Å². The zero-order chi connectivity index (χ0) is 22.5. The molecule has 0 amide bonds. The molecule has 0 spiro atoms. The first-order valence-corrected chi connectivity index (χ1v) is 11.9. The minimum absolute atomic E-state index is 0.0329. The average molecular weight is 447 g/mol. The van der Waals surface area contributed by atoms with Gasteiger partial charge in [-0.3, -0.25) is 9.78 Å². The lowest BCUT2D eigenvalue weighted by Crippen LogP contribution is -2.40. The normalized spacial score (nSPS) is 16.1. The molecule has 1 saturated heterocycles. The molecule has 168 valence electrons. The van der Waals surface area contributed by atoms with E-state index >= 15 is 0 Å². The number of pyridine rings is 1. The van der Waals surface area contributed by atoms with E-state index in [1.165, 1.54) is 28.3 Å². The molecule has 2 heterocycles. The lowest BCUT2D eigenvalue weighted by Gasteiger charge is -2.30. The number of carbonyl (C=O) groups is 1. The van der Waals surface area contributed by atoms with Crippen LogP contribution in [0.25, 0.3) is 0 Å². The van der Waals surface area contributed by atoms with Crippen molar-refractivity contribution < 1.29 is 22.7 Å². The summed E-state index contributed by atoms with van der Waals surface area (Å²) in [5.41, 5.74) is 1.21. The van der Waals surface area contributed by atoms with E-state index in [1.54, 1.807) is 6.07 Å². The maximum atomic E-state index is 12.6. The summed E-state index contributed by atoms with van der Waals surface area (Å²) in [7, 11) is -3.58. The Kier molecular flexibility index (Phi) is 7.33. The number of rotatable bonds is 7. The zero-order valence-corrected chi connectivity index (χ0v) is 19.1. The molecule has 0 N–H and O–H groups in total. The summed E-state index contributed by atoms with van der Waals surface area (Å²) in [6.07, 6.45) is 3.75. The van der Waals surface area contributed by atoms with Gasteiger partial charge >= 0.3 is 5.97 Å². The second-order valence-electron chi connectivity index (χ2n) is 8.66. The van der Waals surface area contributed by atoms with Crippen molar-refractivity contribution in [1.82, 2.24) is 9.29 Å². The molecular formula is C23H30N2O5S. The molecule has 0 saturated carbocycles.